The molecule has 1 aromatic rings. The Bertz CT molecular complexity index is 754. The summed E-state index contributed by atoms with van der Waals surface area (Å²) in [6.07, 6.45) is 5.55. The molecule has 2 rings (SSSR count). The van der Waals surface area contributed by atoms with Crippen molar-refractivity contribution in [2.24, 2.45) is 0 Å². The molecule has 0 heterocycles. The van der Waals surface area contributed by atoms with Gasteiger partial charge in [0.1, 0.15) is 23.9 Å². The van der Waals surface area contributed by atoms with E-state index < -0.39 is 0 Å². The molecule has 0 unspecified atom stereocenters. The summed E-state index contributed by atoms with van der Waals surface area (Å²) < 4.78 is 0. The van der Waals surface area contributed by atoms with Gasteiger partial charge >= 0.3 is 6.03 Å². The molecule has 0 aromatic heterocycles. The number of nitrogens with zero attached hydrogens (tertiary/aromatic N) is 3. The van der Waals surface area contributed by atoms with Gasteiger partial charge < -0.3 is 16.0 Å². The Kier molecular flexibility index (Phi) is 6.39. The number of hydrogen-bond donors (Lipinski definition) is 3. The molecule has 25 heavy (non-hydrogen) atoms. The number of allylic oxidation sites excluding steroid dienone is 2. The summed E-state index contributed by atoms with van der Waals surface area (Å²) in [7, 11) is 0. The zero-order chi connectivity index (χ0) is 18.1. The van der Waals surface area contributed by atoms with E-state index in [0.717, 1.165) is 25.7 Å². The molecule has 0 bridgehead atoms. The second-order valence-electron chi connectivity index (χ2n) is 5.72. The first-order chi connectivity index (χ1) is 12.2. The number of hydrogen-bond acceptors (Lipinski definition) is 5. The molecule has 1 aliphatic rings. The van der Waals surface area contributed by atoms with Crippen LogP contribution in [0.5, 0.6) is 0 Å². The number of benzene rings is 1. The highest BCUT2D eigenvalue weighted by atomic mass is 16.2. The standard InChI is InChI=1S/C18H18N6O/c19-10-13(11-20)17(12-21)22-15-6-8-16(9-7-15)24-18(25)23-14-4-2-1-3-5-14/h6-9,14,22H,1-5H2,(H2,23,24,25). The summed E-state index contributed by atoms with van der Waals surface area (Å²) in [6, 6.07) is 11.8. The minimum Gasteiger partial charge on any atom is -0.345 e. The van der Waals surface area contributed by atoms with Gasteiger partial charge in [0.2, 0.25) is 0 Å². The lowest BCUT2D eigenvalue weighted by atomic mass is 9.96. The molecule has 0 aliphatic heterocycles. The van der Waals surface area contributed by atoms with E-state index in [1.807, 2.05) is 0 Å². The van der Waals surface area contributed by atoms with E-state index in [2.05, 4.69) is 16.0 Å². The maximum absolute atomic E-state index is 12.0. The summed E-state index contributed by atoms with van der Waals surface area (Å²) in [5.74, 6) is 0. The van der Waals surface area contributed by atoms with E-state index in [-0.39, 0.29) is 23.3 Å². The van der Waals surface area contributed by atoms with Gasteiger partial charge in [0.25, 0.3) is 0 Å². The highest BCUT2D eigenvalue weighted by molar-refractivity contribution is 5.89. The van der Waals surface area contributed by atoms with Crippen LogP contribution >= 0.6 is 0 Å². The maximum atomic E-state index is 12.0. The average Bonchev–Trinajstić information content (AvgIpc) is 2.64. The van der Waals surface area contributed by atoms with E-state index in [1.165, 1.54) is 6.42 Å². The molecule has 7 nitrogen and oxygen atoms in total. The predicted molar refractivity (Wildman–Crippen MR) is 93.0 cm³/mol. The summed E-state index contributed by atoms with van der Waals surface area (Å²) in [4.78, 5) is 12.0. The highest BCUT2D eigenvalue weighted by Gasteiger charge is 2.15. The van der Waals surface area contributed by atoms with Crippen LogP contribution < -0.4 is 16.0 Å². The number of anilines is 2. The fourth-order valence-corrected chi connectivity index (χ4v) is 2.66. The van der Waals surface area contributed by atoms with Crippen LogP contribution in [0.4, 0.5) is 16.2 Å². The molecular formula is C18H18N6O. The SMILES string of the molecule is N#CC(C#N)=C(C#N)Nc1ccc(NC(=O)NC2CCCCC2)cc1. The second-order valence-corrected chi connectivity index (χ2v) is 5.72. The van der Waals surface area contributed by atoms with E-state index in [4.69, 9.17) is 15.8 Å². The number of carbonyl (C=O) groups excluding carboxylic acids is 1. The molecule has 2 amide bonds. The van der Waals surface area contributed by atoms with Crippen molar-refractivity contribution in [2.45, 2.75) is 38.1 Å². The summed E-state index contributed by atoms with van der Waals surface area (Å²) in [5.41, 5.74) is 0.761. The molecule has 0 spiro atoms. The van der Waals surface area contributed by atoms with E-state index in [9.17, 15) is 4.79 Å². The van der Waals surface area contributed by atoms with E-state index in [0.29, 0.717) is 11.4 Å². The monoisotopic (exact) mass is 334 g/mol. The lowest BCUT2D eigenvalue weighted by Gasteiger charge is -2.22. The molecule has 0 saturated heterocycles. The normalized spacial score (nSPS) is 13.5. The number of urea groups is 1. The first kappa shape index (κ1) is 17.8. The summed E-state index contributed by atoms with van der Waals surface area (Å²) in [5, 5.41) is 35.1. The topological polar surface area (TPSA) is 125 Å². The summed E-state index contributed by atoms with van der Waals surface area (Å²) >= 11 is 0. The minimum absolute atomic E-state index is 0.110. The Morgan fingerprint density at radius 1 is 0.880 bits per heavy atom. The van der Waals surface area contributed by atoms with Gasteiger partial charge in [-0.15, -0.1) is 0 Å². The molecule has 1 aromatic carbocycles. The quantitative estimate of drug-likeness (QED) is 0.728. The smallest absolute Gasteiger partial charge is 0.319 e. The van der Waals surface area contributed by atoms with Crippen molar-refractivity contribution in [1.82, 2.24) is 5.32 Å². The Morgan fingerprint density at radius 2 is 1.44 bits per heavy atom. The van der Waals surface area contributed by atoms with Crippen LogP contribution in [-0.4, -0.2) is 12.1 Å². The van der Waals surface area contributed by atoms with Crippen LogP contribution in [0.3, 0.4) is 0 Å². The van der Waals surface area contributed by atoms with Crippen LogP contribution in [0.25, 0.3) is 0 Å². The van der Waals surface area contributed by atoms with Gasteiger partial charge in [0, 0.05) is 17.4 Å². The molecule has 0 atom stereocenters. The van der Waals surface area contributed by atoms with Crippen LogP contribution in [0, 0.1) is 34.0 Å². The van der Waals surface area contributed by atoms with Crippen molar-refractivity contribution >= 4 is 17.4 Å². The number of nitriles is 3. The lowest BCUT2D eigenvalue weighted by molar-refractivity contribution is 0.244. The fourth-order valence-electron chi connectivity index (χ4n) is 2.66. The third kappa shape index (κ3) is 5.27. The molecule has 1 aliphatic carbocycles. The van der Waals surface area contributed by atoms with Crippen LogP contribution in [0.2, 0.25) is 0 Å². The third-order valence-corrected chi connectivity index (χ3v) is 3.94. The number of nitrogens with one attached hydrogen (secondary N) is 3. The number of carbonyl (C=O) groups is 1. The van der Waals surface area contributed by atoms with Crippen LogP contribution in [0.15, 0.2) is 35.5 Å². The largest absolute Gasteiger partial charge is 0.345 e. The minimum atomic E-state index is -0.281. The zero-order valence-corrected chi connectivity index (χ0v) is 13.7. The fraction of sp³-hybridized carbons (Fsp3) is 0.333. The predicted octanol–water partition coefficient (Wildman–Crippen LogP) is 3.38. The van der Waals surface area contributed by atoms with Gasteiger partial charge in [-0.1, -0.05) is 19.3 Å². The van der Waals surface area contributed by atoms with Gasteiger partial charge in [0.05, 0.1) is 0 Å². The average molecular weight is 334 g/mol. The Morgan fingerprint density at radius 3 is 1.96 bits per heavy atom. The molecule has 126 valence electrons. The van der Waals surface area contributed by atoms with Crippen molar-refractivity contribution in [1.29, 1.82) is 15.8 Å². The zero-order valence-electron chi connectivity index (χ0n) is 13.7. The third-order valence-electron chi connectivity index (χ3n) is 3.94. The van der Waals surface area contributed by atoms with Gasteiger partial charge in [-0.05, 0) is 37.1 Å². The van der Waals surface area contributed by atoms with Crippen molar-refractivity contribution in [2.75, 3.05) is 10.6 Å². The lowest BCUT2D eigenvalue weighted by Crippen LogP contribution is -2.38. The van der Waals surface area contributed by atoms with Crippen molar-refractivity contribution in [3.8, 4) is 18.2 Å². The van der Waals surface area contributed by atoms with Crippen LogP contribution in [0.1, 0.15) is 32.1 Å². The molecule has 3 N–H and O–H groups in total. The van der Waals surface area contributed by atoms with Gasteiger partial charge in [0.15, 0.2) is 5.57 Å². The molecule has 1 fully saturated rings. The van der Waals surface area contributed by atoms with Gasteiger partial charge in [-0.25, -0.2) is 4.79 Å². The Labute approximate surface area is 146 Å². The highest BCUT2D eigenvalue weighted by Crippen LogP contribution is 2.19. The first-order valence-corrected chi connectivity index (χ1v) is 8.05. The Balaban J connectivity index is 1.94. The second kappa shape index (κ2) is 8.96. The number of rotatable bonds is 4. The van der Waals surface area contributed by atoms with Crippen molar-refractivity contribution in [3.63, 3.8) is 0 Å². The van der Waals surface area contributed by atoms with E-state index in [1.54, 1.807) is 42.5 Å². The Hall–Kier alpha value is -3.50. The molecule has 1 saturated carbocycles. The van der Waals surface area contributed by atoms with E-state index >= 15 is 0 Å². The molecule has 7 heteroatoms. The molecular weight excluding hydrogens is 316 g/mol. The van der Waals surface area contributed by atoms with Gasteiger partial charge in [-0.3, -0.25) is 0 Å². The number of amides is 2. The van der Waals surface area contributed by atoms with Gasteiger partial charge in [-0.2, -0.15) is 15.8 Å². The first-order valence-electron chi connectivity index (χ1n) is 8.05. The molecule has 0 radical (unpaired) electrons. The van der Waals surface area contributed by atoms with Crippen LogP contribution in [-0.2, 0) is 0 Å². The summed E-state index contributed by atoms with van der Waals surface area (Å²) in [6.45, 7) is 0. The van der Waals surface area contributed by atoms with Crippen molar-refractivity contribution in [3.05, 3.63) is 35.5 Å². The van der Waals surface area contributed by atoms with Crippen molar-refractivity contribution < 1.29 is 4.79 Å². The maximum Gasteiger partial charge on any atom is 0.319 e.